The van der Waals surface area contributed by atoms with Gasteiger partial charge >= 0.3 is 0 Å². The first-order valence-electron chi connectivity index (χ1n) is 12.3. The summed E-state index contributed by atoms with van der Waals surface area (Å²) in [6, 6.07) is 19.6. The summed E-state index contributed by atoms with van der Waals surface area (Å²) in [6.07, 6.45) is -1.01. The summed E-state index contributed by atoms with van der Waals surface area (Å²) in [4.78, 5) is 13.2. The lowest BCUT2D eigenvalue weighted by molar-refractivity contribution is -0.127. The van der Waals surface area contributed by atoms with Crippen LogP contribution in [-0.2, 0) is 20.2 Å². The molecule has 0 saturated carbocycles. The van der Waals surface area contributed by atoms with Gasteiger partial charge in [-0.15, -0.1) is 0 Å². The molecule has 37 heavy (non-hydrogen) atoms. The van der Waals surface area contributed by atoms with E-state index in [0.717, 1.165) is 22.4 Å². The number of fused-ring (bicyclic) bond motifs is 1. The highest BCUT2D eigenvalue weighted by Crippen LogP contribution is 2.40. The lowest BCUT2D eigenvalue weighted by Crippen LogP contribution is -2.51. The molecule has 1 aliphatic rings. The smallest absolute Gasteiger partial charge is 0.264 e. The maximum atomic E-state index is 13.7. The van der Waals surface area contributed by atoms with Crippen molar-refractivity contribution in [3.05, 3.63) is 83.4 Å². The Morgan fingerprint density at radius 2 is 1.78 bits per heavy atom. The van der Waals surface area contributed by atoms with Crippen LogP contribution >= 0.6 is 0 Å². The van der Waals surface area contributed by atoms with Gasteiger partial charge < -0.3 is 14.8 Å². The molecule has 1 atom stereocenters. The van der Waals surface area contributed by atoms with Gasteiger partial charge in [0, 0.05) is 0 Å². The Labute approximate surface area is 219 Å². The van der Waals surface area contributed by atoms with Crippen molar-refractivity contribution in [1.82, 2.24) is 5.32 Å². The zero-order chi connectivity index (χ0) is 26.8. The maximum absolute atomic E-state index is 13.7. The van der Waals surface area contributed by atoms with Crippen molar-refractivity contribution in [1.29, 1.82) is 0 Å². The summed E-state index contributed by atoms with van der Waals surface area (Å²) in [5, 5.41) is 2.82. The predicted octanol–water partition coefficient (Wildman–Crippen LogP) is 4.75. The third kappa shape index (κ3) is 5.91. The molecular weight excluding hydrogens is 488 g/mol. The number of sulfonamides is 1. The number of aryl methyl sites for hydroxylation is 2. The Morgan fingerprint density at radius 1 is 1.05 bits per heavy atom. The number of carbonyl (C=O) groups is 1. The maximum Gasteiger partial charge on any atom is 0.264 e. The fourth-order valence-corrected chi connectivity index (χ4v) is 5.70. The number of hydrogen-bond donors (Lipinski definition) is 1. The van der Waals surface area contributed by atoms with E-state index in [1.165, 1.54) is 4.31 Å². The summed E-state index contributed by atoms with van der Waals surface area (Å²) < 4.78 is 40.4. The van der Waals surface area contributed by atoms with Crippen LogP contribution in [0, 0.1) is 13.8 Å². The second kappa shape index (κ2) is 10.5. The zero-order valence-electron chi connectivity index (χ0n) is 21.9. The zero-order valence-corrected chi connectivity index (χ0v) is 22.8. The summed E-state index contributed by atoms with van der Waals surface area (Å²) in [5.41, 5.74) is 3.38. The third-order valence-corrected chi connectivity index (χ3v) is 8.10. The van der Waals surface area contributed by atoms with E-state index in [-0.39, 0.29) is 30.0 Å². The topological polar surface area (TPSA) is 84.9 Å². The Bertz CT molecular complexity index is 1380. The molecule has 0 aliphatic carbocycles. The van der Waals surface area contributed by atoms with Crippen LogP contribution in [0.4, 0.5) is 5.69 Å². The molecule has 1 heterocycles. The minimum atomic E-state index is -3.93. The molecule has 1 aliphatic heterocycles. The first kappa shape index (κ1) is 26.5. The van der Waals surface area contributed by atoms with Crippen molar-refractivity contribution in [2.45, 2.75) is 51.0 Å². The van der Waals surface area contributed by atoms with Crippen molar-refractivity contribution < 1.29 is 22.7 Å². The van der Waals surface area contributed by atoms with Crippen LogP contribution in [0.15, 0.2) is 71.6 Å². The van der Waals surface area contributed by atoms with Crippen molar-refractivity contribution in [3.63, 3.8) is 0 Å². The van der Waals surface area contributed by atoms with E-state index in [2.05, 4.69) is 26.1 Å². The molecule has 8 heteroatoms. The van der Waals surface area contributed by atoms with E-state index < -0.39 is 22.0 Å². The van der Waals surface area contributed by atoms with Gasteiger partial charge in [0.25, 0.3) is 15.9 Å². The Morgan fingerprint density at radius 3 is 2.46 bits per heavy atom. The fraction of sp³-hybridized carbons (Fsp3) is 0.345. The number of ether oxygens (including phenoxy) is 2. The quantitative estimate of drug-likeness (QED) is 0.453. The first-order chi connectivity index (χ1) is 17.5. The van der Waals surface area contributed by atoms with Gasteiger partial charge in [-0.2, -0.15) is 0 Å². The molecule has 0 fully saturated rings. The first-order valence-corrected chi connectivity index (χ1v) is 13.8. The highest BCUT2D eigenvalue weighted by molar-refractivity contribution is 7.92. The van der Waals surface area contributed by atoms with E-state index in [9.17, 15) is 13.2 Å². The highest BCUT2D eigenvalue weighted by Gasteiger charge is 2.38. The molecule has 0 radical (unpaired) electrons. The van der Waals surface area contributed by atoms with Gasteiger partial charge in [-0.25, -0.2) is 8.42 Å². The molecule has 196 valence electrons. The van der Waals surface area contributed by atoms with Crippen molar-refractivity contribution in [2.24, 2.45) is 0 Å². The Hall–Kier alpha value is -3.52. The lowest BCUT2D eigenvalue weighted by atomic mass is 9.86. The van der Waals surface area contributed by atoms with Gasteiger partial charge in [0.1, 0.15) is 18.1 Å². The molecule has 0 aromatic heterocycles. The minimum Gasteiger partial charge on any atom is -0.491 e. The van der Waals surface area contributed by atoms with E-state index in [4.69, 9.17) is 9.47 Å². The van der Waals surface area contributed by atoms with E-state index in [0.29, 0.717) is 11.4 Å². The molecule has 3 aromatic carbocycles. The van der Waals surface area contributed by atoms with Crippen LogP contribution in [0.1, 0.15) is 37.5 Å². The van der Waals surface area contributed by atoms with Crippen molar-refractivity contribution >= 4 is 21.6 Å². The molecule has 0 bridgehead atoms. The summed E-state index contributed by atoms with van der Waals surface area (Å²) in [7, 11) is -3.93. The van der Waals surface area contributed by atoms with Crippen molar-refractivity contribution in [3.8, 4) is 11.5 Å². The van der Waals surface area contributed by atoms with Gasteiger partial charge in [-0.05, 0) is 60.7 Å². The Balaban J connectivity index is 1.53. The van der Waals surface area contributed by atoms with Crippen LogP contribution in [0.2, 0.25) is 0 Å². The third-order valence-electron chi connectivity index (χ3n) is 6.31. The lowest BCUT2D eigenvalue weighted by Gasteiger charge is -2.36. The SMILES string of the molecule is Cc1ccc(OCCNC(=O)C2CN(S(=O)(=O)c3ccccc3)c3cc(C(C)(C)C)ccc3O2)c(C)c1. The largest absolute Gasteiger partial charge is 0.491 e. The molecule has 1 unspecified atom stereocenters. The highest BCUT2D eigenvalue weighted by atomic mass is 32.2. The van der Waals surface area contributed by atoms with Gasteiger partial charge in [-0.3, -0.25) is 9.10 Å². The van der Waals surface area contributed by atoms with Gasteiger partial charge in [0.2, 0.25) is 0 Å². The summed E-state index contributed by atoms with van der Waals surface area (Å²) >= 11 is 0. The van der Waals surface area contributed by atoms with E-state index in [1.54, 1.807) is 36.4 Å². The van der Waals surface area contributed by atoms with Crippen molar-refractivity contribution in [2.75, 3.05) is 24.0 Å². The second-order valence-electron chi connectivity index (χ2n) is 10.3. The average Bonchev–Trinajstić information content (AvgIpc) is 2.86. The molecule has 1 N–H and O–H groups in total. The molecule has 7 nitrogen and oxygen atoms in total. The molecule has 0 saturated heterocycles. The number of nitrogens with one attached hydrogen (secondary N) is 1. The number of hydrogen-bond acceptors (Lipinski definition) is 5. The monoisotopic (exact) mass is 522 g/mol. The molecular formula is C29H34N2O5S. The molecule has 1 amide bonds. The predicted molar refractivity (Wildman–Crippen MR) is 145 cm³/mol. The standard InChI is InChI=1S/C29H34N2O5S/c1-20-11-13-25(21(2)17-20)35-16-15-30-28(32)27-19-31(37(33,34)23-9-7-6-8-10-23)24-18-22(29(3,4)5)12-14-26(24)36-27/h6-14,17-18,27H,15-16,19H2,1-5H3,(H,30,32). The number of benzene rings is 3. The van der Waals surface area contributed by atoms with E-state index in [1.807, 2.05) is 44.2 Å². The fourth-order valence-electron chi connectivity index (χ4n) is 4.21. The number of carbonyl (C=O) groups excluding carboxylic acids is 1. The number of rotatable bonds is 7. The average molecular weight is 523 g/mol. The summed E-state index contributed by atoms with van der Waals surface area (Å²) in [5.74, 6) is 0.714. The summed E-state index contributed by atoms with van der Waals surface area (Å²) in [6.45, 7) is 10.6. The number of nitrogens with zero attached hydrogens (tertiary/aromatic N) is 1. The van der Waals surface area contributed by atoms with Crippen LogP contribution in [0.25, 0.3) is 0 Å². The van der Waals surface area contributed by atoms with Crippen LogP contribution < -0.4 is 19.1 Å². The van der Waals surface area contributed by atoms with Crippen LogP contribution in [0.5, 0.6) is 11.5 Å². The second-order valence-corrected chi connectivity index (χ2v) is 12.2. The number of amides is 1. The van der Waals surface area contributed by atoms with Gasteiger partial charge in [-0.1, -0.05) is 62.7 Å². The minimum absolute atomic E-state index is 0.137. The molecule has 4 rings (SSSR count). The number of anilines is 1. The van der Waals surface area contributed by atoms with Gasteiger partial charge in [0.05, 0.1) is 23.7 Å². The molecule has 0 spiro atoms. The van der Waals surface area contributed by atoms with Crippen LogP contribution in [-0.4, -0.2) is 40.1 Å². The van der Waals surface area contributed by atoms with Gasteiger partial charge in [0.15, 0.2) is 6.10 Å². The van der Waals surface area contributed by atoms with Crippen LogP contribution in [0.3, 0.4) is 0 Å². The Kier molecular flexibility index (Phi) is 7.50. The normalized spacial score (nSPS) is 15.5. The molecule has 3 aromatic rings. The van der Waals surface area contributed by atoms with E-state index >= 15 is 0 Å².